The summed E-state index contributed by atoms with van der Waals surface area (Å²) in [5, 5.41) is 1.81. The van der Waals surface area contributed by atoms with Crippen LogP contribution >= 0.6 is 11.3 Å². The Morgan fingerprint density at radius 3 is 3.18 bits per heavy atom. The van der Waals surface area contributed by atoms with Crippen LogP contribution in [-0.4, -0.2) is 32.3 Å². The Balaban J connectivity index is 1.68. The number of rotatable bonds is 2. The van der Waals surface area contributed by atoms with Gasteiger partial charge in [-0.3, -0.25) is 4.79 Å². The van der Waals surface area contributed by atoms with Gasteiger partial charge >= 0.3 is 0 Å². The first-order valence-electron chi connectivity index (χ1n) is 7.38. The van der Waals surface area contributed by atoms with Gasteiger partial charge in [0.2, 0.25) is 0 Å². The van der Waals surface area contributed by atoms with Crippen LogP contribution in [0.1, 0.15) is 40.8 Å². The van der Waals surface area contributed by atoms with Crippen molar-refractivity contribution in [3.63, 3.8) is 0 Å². The third-order valence-corrected chi connectivity index (χ3v) is 4.72. The highest BCUT2D eigenvalue weighted by atomic mass is 32.1. The average molecular weight is 312 g/mol. The summed E-state index contributed by atoms with van der Waals surface area (Å²) in [7, 11) is 0. The summed E-state index contributed by atoms with van der Waals surface area (Å²) in [5.41, 5.74) is 5.41. The quantitative estimate of drug-likeness (QED) is 0.789. The molecule has 5 nitrogen and oxygen atoms in total. The molecule has 3 aromatic rings. The van der Waals surface area contributed by atoms with Crippen molar-refractivity contribution in [2.24, 2.45) is 0 Å². The fourth-order valence-electron chi connectivity index (χ4n) is 3.06. The number of aromatic amines is 1. The highest BCUT2D eigenvalue weighted by Gasteiger charge is 2.33. The molecule has 3 heterocycles. The number of benzene rings is 1. The van der Waals surface area contributed by atoms with Gasteiger partial charge in [-0.2, -0.15) is 0 Å². The Hall–Kier alpha value is -2.21. The van der Waals surface area contributed by atoms with E-state index >= 15 is 0 Å². The van der Waals surface area contributed by atoms with E-state index in [2.05, 4.69) is 34.0 Å². The van der Waals surface area contributed by atoms with E-state index in [0.717, 1.165) is 36.2 Å². The number of carbonyl (C=O) groups excluding carboxylic acids is 1. The number of aryl methyl sites for hydroxylation is 1. The molecule has 1 fully saturated rings. The molecule has 22 heavy (non-hydrogen) atoms. The SMILES string of the molecule is Cc1ccc2nc(C3CCCN3C(=O)c3cscn3)[nH]c2c1. The van der Waals surface area contributed by atoms with Crippen LogP contribution in [0.3, 0.4) is 0 Å². The maximum absolute atomic E-state index is 12.6. The fraction of sp³-hybridized carbons (Fsp3) is 0.312. The van der Waals surface area contributed by atoms with E-state index in [9.17, 15) is 4.79 Å². The number of imidazole rings is 1. The lowest BCUT2D eigenvalue weighted by molar-refractivity contribution is 0.0725. The maximum Gasteiger partial charge on any atom is 0.273 e. The maximum atomic E-state index is 12.6. The standard InChI is InChI=1S/C16H16N4OS/c1-10-4-5-11-12(7-10)19-15(18-11)14-3-2-6-20(14)16(21)13-8-22-9-17-13/h4-5,7-9,14H,2-3,6H2,1H3,(H,18,19). The van der Waals surface area contributed by atoms with E-state index in [1.807, 2.05) is 11.0 Å². The summed E-state index contributed by atoms with van der Waals surface area (Å²) in [6.45, 7) is 2.82. The smallest absolute Gasteiger partial charge is 0.273 e. The third-order valence-electron chi connectivity index (χ3n) is 4.14. The van der Waals surface area contributed by atoms with Gasteiger partial charge in [-0.25, -0.2) is 9.97 Å². The van der Waals surface area contributed by atoms with E-state index in [0.29, 0.717) is 5.69 Å². The summed E-state index contributed by atoms with van der Waals surface area (Å²) in [6, 6.07) is 6.18. The van der Waals surface area contributed by atoms with Gasteiger partial charge in [0.25, 0.3) is 5.91 Å². The van der Waals surface area contributed by atoms with Gasteiger partial charge in [-0.15, -0.1) is 11.3 Å². The lowest BCUT2D eigenvalue weighted by Gasteiger charge is -2.22. The second-order valence-electron chi connectivity index (χ2n) is 5.67. The number of likely N-dealkylation sites (tertiary alicyclic amines) is 1. The van der Waals surface area contributed by atoms with E-state index in [1.165, 1.54) is 16.9 Å². The Bertz CT molecular complexity index is 824. The Labute approximate surface area is 132 Å². The van der Waals surface area contributed by atoms with Crippen LogP contribution in [0.4, 0.5) is 0 Å². The molecule has 6 heteroatoms. The van der Waals surface area contributed by atoms with Crippen molar-refractivity contribution in [3.8, 4) is 0 Å². The zero-order valence-electron chi connectivity index (χ0n) is 12.2. The summed E-state index contributed by atoms with van der Waals surface area (Å²) in [6.07, 6.45) is 1.94. The first kappa shape index (κ1) is 13.5. The molecule has 0 spiro atoms. The molecule has 4 rings (SSSR count). The van der Waals surface area contributed by atoms with Gasteiger partial charge in [0, 0.05) is 11.9 Å². The molecule has 1 aliphatic heterocycles. The summed E-state index contributed by atoms with van der Waals surface area (Å²) in [5.74, 6) is 0.877. The molecule has 0 saturated carbocycles. The zero-order chi connectivity index (χ0) is 15.1. The average Bonchev–Trinajstić information content (AvgIpc) is 3.24. The Morgan fingerprint density at radius 1 is 1.45 bits per heavy atom. The third kappa shape index (κ3) is 2.20. The number of amides is 1. The van der Waals surface area contributed by atoms with Crippen LogP contribution in [0, 0.1) is 6.92 Å². The van der Waals surface area contributed by atoms with Gasteiger partial charge in [0.05, 0.1) is 22.6 Å². The molecule has 1 saturated heterocycles. The van der Waals surface area contributed by atoms with Gasteiger partial charge in [0.1, 0.15) is 11.5 Å². The van der Waals surface area contributed by atoms with Crippen molar-refractivity contribution in [2.45, 2.75) is 25.8 Å². The number of aromatic nitrogens is 3. The molecule has 0 radical (unpaired) electrons. The van der Waals surface area contributed by atoms with Crippen LogP contribution in [0.25, 0.3) is 11.0 Å². The van der Waals surface area contributed by atoms with Crippen LogP contribution < -0.4 is 0 Å². The molecule has 1 amide bonds. The molecular formula is C16H16N4OS. The molecule has 1 aliphatic rings. The molecule has 0 aliphatic carbocycles. The van der Waals surface area contributed by atoms with E-state index in [1.54, 1.807) is 10.9 Å². The molecule has 1 aromatic carbocycles. The van der Waals surface area contributed by atoms with Gasteiger partial charge < -0.3 is 9.88 Å². The van der Waals surface area contributed by atoms with Crippen molar-refractivity contribution in [3.05, 3.63) is 46.2 Å². The van der Waals surface area contributed by atoms with Crippen LogP contribution in [0.15, 0.2) is 29.1 Å². The number of thiazole rings is 1. The highest BCUT2D eigenvalue weighted by molar-refractivity contribution is 7.07. The van der Waals surface area contributed by atoms with Crippen LogP contribution in [-0.2, 0) is 0 Å². The number of H-pyrrole nitrogens is 1. The first-order chi connectivity index (χ1) is 10.7. The number of hydrogen-bond donors (Lipinski definition) is 1. The van der Waals surface area contributed by atoms with Crippen molar-refractivity contribution in [1.29, 1.82) is 0 Å². The summed E-state index contributed by atoms with van der Waals surface area (Å²) >= 11 is 1.45. The van der Waals surface area contributed by atoms with Crippen molar-refractivity contribution < 1.29 is 4.79 Å². The molecule has 1 N–H and O–H groups in total. The molecule has 2 aromatic heterocycles. The van der Waals surface area contributed by atoms with E-state index in [4.69, 9.17) is 0 Å². The number of nitrogens with one attached hydrogen (secondary N) is 1. The monoisotopic (exact) mass is 312 g/mol. The highest BCUT2D eigenvalue weighted by Crippen LogP contribution is 2.32. The summed E-state index contributed by atoms with van der Waals surface area (Å²) in [4.78, 5) is 26.7. The molecular weight excluding hydrogens is 296 g/mol. The number of hydrogen-bond acceptors (Lipinski definition) is 4. The second-order valence-corrected chi connectivity index (χ2v) is 6.39. The number of fused-ring (bicyclic) bond motifs is 1. The first-order valence-corrected chi connectivity index (χ1v) is 8.32. The minimum absolute atomic E-state index is 0.000358. The predicted octanol–water partition coefficient (Wildman–Crippen LogP) is 3.31. The molecule has 112 valence electrons. The van der Waals surface area contributed by atoms with E-state index < -0.39 is 0 Å². The minimum Gasteiger partial charge on any atom is -0.340 e. The summed E-state index contributed by atoms with van der Waals surface area (Å²) < 4.78 is 0. The number of nitrogens with zero attached hydrogens (tertiary/aromatic N) is 3. The minimum atomic E-state index is 0.000358. The second kappa shape index (κ2) is 5.21. The number of carbonyl (C=O) groups is 1. The Morgan fingerprint density at radius 2 is 2.36 bits per heavy atom. The Kier molecular flexibility index (Phi) is 3.18. The van der Waals surface area contributed by atoms with Crippen molar-refractivity contribution >= 4 is 28.3 Å². The van der Waals surface area contributed by atoms with Gasteiger partial charge in [-0.1, -0.05) is 6.07 Å². The van der Waals surface area contributed by atoms with Crippen molar-refractivity contribution in [1.82, 2.24) is 19.9 Å². The van der Waals surface area contributed by atoms with E-state index in [-0.39, 0.29) is 11.9 Å². The fourth-order valence-corrected chi connectivity index (χ4v) is 3.59. The van der Waals surface area contributed by atoms with Gasteiger partial charge in [0.15, 0.2) is 0 Å². The topological polar surface area (TPSA) is 61.9 Å². The van der Waals surface area contributed by atoms with Crippen LogP contribution in [0.5, 0.6) is 0 Å². The lowest BCUT2D eigenvalue weighted by atomic mass is 10.2. The molecule has 1 unspecified atom stereocenters. The van der Waals surface area contributed by atoms with Crippen molar-refractivity contribution in [2.75, 3.05) is 6.54 Å². The lowest BCUT2D eigenvalue weighted by Crippen LogP contribution is -2.31. The predicted molar refractivity (Wildman–Crippen MR) is 86.0 cm³/mol. The van der Waals surface area contributed by atoms with Gasteiger partial charge in [-0.05, 0) is 37.5 Å². The zero-order valence-corrected chi connectivity index (χ0v) is 13.1. The molecule has 0 bridgehead atoms. The van der Waals surface area contributed by atoms with Crippen LogP contribution in [0.2, 0.25) is 0 Å². The molecule has 1 atom stereocenters. The normalized spacial score (nSPS) is 18.2. The largest absolute Gasteiger partial charge is 0.340 e.